The molecule has 0 fully saturated rings. The maximum absolute atomic E-state index is 8.92. The van der Waals surface area contributed by atoms with Gasteiger partial charge in [0.2, 0.25) is 0 Å². The van der Waals surface area contributed by atoms with Gasteiger partial charge in [-0.3, -0.25) is 0 Å². The van der Waals surface area contributed by atoms with E-state index in [0.29, 0.717) is 13.0 Å². The lowest BCUT2D eigenvalue weighted by atomic mass is 10.0. The van der Waals surface area contributed by atoms with Crippen molar-refractivity contribution in [1.29, 1.82) is 5.26 Å². The first-order chi connectivity index (χ1) is 8.12. The van der Waals surface area contributed by atoms with Crippen molar-refractivity contribution in [2.45, 2.75) is 39.7 Å². The van der Waals surface area contributed by atoms with Crippen molar-refractivity contribution in [3.05, 3.63) is 28.8 Å². The Hall–Kier alpha value is -1.53. The van der Waals surface area contributed by atoms with Crippen LogP contribution >= 0.6 is 0 Å². The van der Waals surface area contributed by atoms with E-state index in [1.54, 1.807) is 0 Å². The normalized spacial score (nSPS) is 11.9. The van der Waals surface area contributed by atoms with Gasteiger partial charge < -0.3 is 10.5 Å². The van der Waals surface area contributed by atoms with E-state index in [1.165, 1.54) is 5.56 Å². The van der Waals surface area contributed by atoms with Gasteiger partial charge in [0, 0.05) is 0 Å². The first-order valence-electron chi connectivity index (χ1n) is 5.98. The van der Waals surface area contributed by atoms with Crippen molar-refractivity contribution in [3.63, 3.8) is 0 Å². The van der Waals surface area contributed by atoms with Gasteiger partial charge in [0.15, 0.2) is 6.10 Å². The van der Waals surface area contributed by atoms with Crippen LogP contribution in [0.15, 0.2) is 12.1 Å². The fraction of sp³-hybridized carbons (Fsp3) is 0.500. The summed E-state index contributed by atoms with van der Waals surface area (Å²) in [4.78, 5) is 0. The molecule has 0 aromatic heterocycles. The maximum atomic E-state index is 8.92. The van der Waals surface area contributed by atoms with Gasteiger partial charge in [-0.1, -0.05) is 19.1 Å². The molecule has 92 valence electrons. The Morgan fingerprint density at radius 1 is 1.35 bits per heavy atom. The fourth-order valence-electron chi connectivity index (χ4n) is 1.88. The molecule has 0 aliphatic rings. The van der Waals surface area contributed by atoms with Crippen LogP contribution in [0.1, 0.15) is 30.0 Å². The average molecular weight is 232 g/mol. The zero-order valence-electron chi connectivity index (χ0n) is 10.8. The van der Waals surface area contributed by atoms with Gasteiger partial charge in [-0.25, -0.2) is 0 Å². The summed E-state index contributed by atoms with van der Waals surface area (Å²) in [6, 6.07) is 6.32. The summed E-state index contributed by atoms with van der Waals surface area (Å²) in [5, 5.41) is 8.92. The van der Waals surface area contributed by atoms with E-state index < -0.39 is 0 Å². The average Bonchev–Trinajstić information content (AvgIpc) is 2.29. The van der Waals surface area contributed by atoms with Gasteiger partial charge in [0.05, 0.1) is 0 Å². The summed E-state index contributed by atoms with van der Waals surface area (Å²) in [6.07, 6.45) is 1.20. The Balaban J connectivity index is 2.97. The molecule has 0 radical (unpaired) electrons. The quantitative estimate of drug-likeness (QED) is 0.848. The van der Waals surface area contributed by atoms with Crippen LogP contribution in [-0.2, 0) is 6.42 Å². The lowest BCUT2D eigenvalue weighted by molar-refractivity contribution is 0.248. The number of aryl methyl sites for hydroxylation is 2. The molecule has 0 bridgehead atoms. The second kappa shape index (κ2) is 6.27. The lowest BCUT2D eigenvalue weighted by Gasteiger charge is -2.16. The van der Waals surface area contributed by atoms with Crippen LogP contribution in [-0.4, -0.2) is 12.6 Å². The van der Waals surface area contributed by atoms with Crippen LogP contribution < -0.4 is 10.5 Å². The fourth-order valence-corrected chi connectivity index (χ4v) is 1.88. The highest BCUT2D eigenvalue weighted by Gasteiger charge is 2.11. The van der Waals surface area contributed by atoms with Gasteiger partial charge in [-0.05, 0) is 49.9 Å². The summed E-state index contributed by atoms with van der Waals surface area (Å²) in [7, 11) is 0. The number of hydrogen-bond acceptors (Lipinski definition) is 3. The summed E-state index contributed by atoms with van der Waals surface area (Å²) in [6.45, 7) is 6.61. The standard InChI is InChI=1S/C14H20N2O/c1-4-13(9-16)17-14-10(2)7-12(5-6-15)8-11(14)3/h7-8,13H,4-6,15H2,1-3H3. The molecule has 0 spiro atoms. The third-order valence-electron chi connectivity index (χ3n) is 2.73. The highest BCUT2D eigenvalue weighted by molar-refractivity contribution is 5.43. The molecule has 3 heteroatoms. The molecule has 0 aliphatic carbocycles. The summed E-state index contributed by atoms with van der Waals surface area (Å²) in [5.41, 5.74) is 8.91. The smallest absolute Gasteiger partial charge is 0.184 e. The number of benzene rings is 1. The summed E-state index contributed by atoms with van der Waals surface area (Å²) in [5.74, 6) is 0.833. The van der Waals surface area contributed by atoms with E-state index in [0.717, 1.165) is 23.3 Å². The molecule has 1 rings (SSSR count). The van der Waals surface area contributed by atoms with Crippen LogP contribution in [0.3, 0.4) is 0 Å². The number of nitrogens with zero attached hydrogens (tertiary/aromatic N) is 1. The maximum Gasteiger partial charge on any atom is 0.184 e. The van der Waals surface area contributed by atoms with E-state index in [4.69, 9.17) is 15.7 Å². The van der Waals surface area contributed by atoms with E-state index in [-0.39, 0.29) is 6.10 Å². The van der Waals surface area contributed by atoms with Crippen LogP contribution in [0.2, 0.25) is 0 Å². The second-order valence-electron chi connectivity index (χ2n) is 4.24. The van der Waals surface area contributed by atoms with Crippen LogP contribution in [0.5, 0.6) is 5.75 Å². The lowest BCUT2D eigenvalue weighted by Crippen LogP contribution is -2.14. The van der Waals surface area contributed by atoms with Crippen LogP contribution in [0.25, 0.3) is 0 Å². The Kier molecular flexibility index (Phi) is 4.99. The minimum Gasteiger partial charge on any atom is -0.475 e. The van der Waals surface area contributed by atoms with Crippen LogP contribution in [0.4, 0.5) is 0 Å². The Morgan fingerprint density at radius 2 is 1.94 bits per heavy atom. The molecular weight excluding hydrogens is 212 g/mol. The molecule has 0 saturated carbocycles. The van der Waals surface area contributed by atoms with E-state index in [2.05, 4.69) is 18.2 Å². The largest absolute Gasteiger partial charge is 0.475 e. The molecular formula is C14H20N2O. The topological polar surface area (TPSA) is 59.0 Å². The predicted molar refractivity (Wildman–Crippen MR) is 69.0 cm³/mol. The second-order valence-corrected chi connectivity index (χ2v) is 4.24. The number of ether oxygens (including phenoxy) is 1. The summed E-state index contributed by atoms with van der Waals surface area (Å²) >= 11 is 0. The molecule has 1 atom stereocenters. The number of rotatable bonds is 5. The Morgan fingerprint density at radius 3 is 2.35 bits per heavy atom. The molecule has 1 unspecified atom stereocenters. The highest BCUT2D eigenvalue weighted by Crippen LogP contribution is 2.26. The first-order valence-corrected chi connectivity index (χ1v) is 5.98. The minimum atomic E-state index is -0.368. The zero-order valence-corrected chi connectivity index (χ0v) is 10.8. The van der Waals surface area contributed by atoms with Gasteiger partial charge in [-0.15, -0.1) is 0 Å². The van der Waals surface area contributed by atoms with Gasteiger partial charge in [-0.2, -0.15) is 5.26 Å². The molecule has 1 aromatic carbocycles. The highest BCUT2D eigenvalue weighted by atomic mass is 16.5. The Labute approximate surface area is 103 Å². The van der Waals surface area contributed by atoms with Gasteiger partial charge in [0.1, 0.15) is 11.8 Å². The number of hydrogen-bond donors (Lipinski definition) is 1. The molecule has 0 amide bonds. The van der Waals surface area contributed by atoms with E-state index in [1.807, 2.05) is 20.8 Å². The first kappa shape index (κ1) is 13.5. The zero-order chi connectivity index (χ0) is 12.8. The SMILES string of the molecule is CCC(C#N)Oc1c(C)cc(CCN)cc1C. The third-order valence-corrected chi connectivity index (χ3v) is 2.73. The van der Waals surface area contributed by atoms with E-state index >= 15 is 0 Å². The summed E-state index contributed by atoms with van der Waals surface area (Å²) < 4.78 is 5.72. The molecule has 0 saturated heterocycles. The minimum absolute atomic E-state index is 0.368. The molecule has 1 aromatic rings. The van der Waals surface area contributed by atoms with Crippen molar-refractivity contribution in [1.82, 2.24) is 0 Å². The molecule has 3 nitrogen and oxygen atoms in total. The number of nitrogens with two attached hydrogens (primary N) is 1. The van der Waals surface area contributed by atoms with Crippen LogP contribution in [0, 0.1) is 25.2 Å². The third kappa shape index (κ3) is 3.47. The predicted octanol–water partition coefficient (Wildman–Crippen LogP) is 2.49. The Bertz CT molecular complexity index is 398. The van der Waals surface area contributed by atoms with Gasteiger partial charge in [0.25, 0.3) is 0 Å². The van der Waals surface area contributed by atoms with Crippen molar-refractivity contribution in [2.24, 2.45) is 5.73 Å². The molecule has 2 N–H and O–H groups in total. The van der Waals surface area contributed by atoms with Crippen molar-refractivity contribution < 1.29 is 4.74 Å². The molecule has 0 aliphatic heterocycles. The molecule has 0 heterocycles. The van der Waals surface area contributed by atoms with Crippen molar-refractivity contribution in [3.8, 4) is 11.8 Å². The number of nitriles is 1. The molecule has 17 heavy (non-hydrogen) atoms. The van der Waals surface area contributed by atoms with Gasteiger partial charge >= 0.3 is 0 Å². The van der Waals surface area contributed by atoms with Crippen molar-refractivity contribution in [2.75, 3.05) is 6.54 Å². The monoisotopic (exact) mass is 232 g/mol. The van der Waals surface area contributed by atoms with Crippen molar-refractivity contribution >= 4 is 0 Å². The van der Waals surface area contributed by atoms with E-state index in [9.17, 15) is 0 Å².